The van der Waals surface area contributed by atoms with E-state index in [-0.39, 0.29) is 36.7 Å². The predicted octanol–water partition coefficient (Wildman–Crippen LogP) is 2.49. The van der Waals surface area contributed by atoms with Crippen molar-refractivity contribution in [3.05, 3.63) is 58.7 Å². The van der Waals surface area contributed by atoms with E-state index in [1.165, 1.54) is 0 Å². The lowest BCUT2D eigenvalue weighted by Crippen LogP contribution is -2.35. The maximum Gasteiger partial charge on any atom is 0.261 e. The Hall–Kier alpha value is -3.35. The van der Waals surface area contributed by atoms with Crippen LogP contribution in [0.2, 0.25) is 0 Å². The number of nitrogens with one attached hydrogen (secondary N) is 1. The minimum absolute atomic E-state index is 0.0592. The Morgan fingerprint density at radius 1 is 1.07 bits per heavy atom. The van der Waals surface area contributed by atoms with E-state index in [1.807, 2.05) is 12.1 Å². The van der Waals surface area contributed by atoms with Crippen molar-refractivity contribution in [1.29, 1.82) is 0 Å². The van der Waals surface area contributed by atoms with Gasteiger partial charge in [-0.2, -0.15) is 0 Å². The number of rotatable bonds is 6. The van der Waals surface area contributed by atoms with Crippen LogP contribution < -0.4 is 14.8 Å². The summed E-state index contributed by atoms with van der Waals surface area (Å²) in [7, 11) is 3.17. The van der Waals surface area contributed by atoms with Gasteiger partial charge in [0.1, 0.15) is 0 Å². The van der Waals surface area contributed by atoms with Gasteiger partial charge < -0.3 is 14.8 Å². The summed E-state index contributed by atoms with van der Waals surface area (Å²) in [6.45, 7) is 0.0592. The van der Waals surface area contributed by atoms with Crippen LogP contribution in [0.15, 0.2) is 36.4 Å². The van der Waals surface area contributed by atoms with E-state index >= 15 is 0 Å². The first-order valence-corrected chi connectivity index (χ1v) is 9.53. The number of methoxy groups -OCH3 is 2. The topological polar surface area (TPSA) is 84.9 Å². The summed E-state index contributed by atoms with van der Waals surface area (Å²) in [4.78, 5) is 38.5. The first-order valence-electron chi connectivity index (χ1n) is 9.53. The van der Waals surface area contributed by atoms with Crippen molar-refractivity contribution in [2.45, 2.75) is 25.3 Å². The highest BCUT2D eigenvalue weighted by Crippen LogP contribution is 2.39. The first-order chi connectivity index (χ1) is 14.0. The van der Waals surface area contributed by atoms with Gasteiger partial charge in [0.25, 0.3) is 11.8 Å². The minimum atomic E-state index is -0.346. The van der Waals surface area contributed by atoms with E-state index in [1.54, 1.807) is 38.5 Å². The molecule has 0 spiro atoms. The lowest BCUT2D eigenvalue weighted by molar-refractivity contribution is -0.121. The molecule has 1 atom stereocenters. The van der Waals surface area contributed by atoms with Gasteiger partial charge in [0, 0.05) is 13.0 Å². The SMILES string of the molecule is COc1cc2c(cc1OC)C(NC(=O)CCN1C(=O)c3ccccc3C1=O)CC2. The van der Waals surface area contributed by atoms with Gasteiger partial charge in [-0.15, -0.1) is 0 Å². The lowest BCUT2D eigenvalue weighted by atomic mass is 10.1. The van der Waals surface area contributed by atoms with Gasteiger partial charge >= 0.3 is 0 Å². The van der Waals surface area contributed by atoms with Crippen LogP contribution in [0.5, 0.6) is 11.5 Å². The summed E-state index contributed by atoms with van der Waals surface area (Å²) >= 11 is 0. The average Bonchev–Trinajstić information content (AvgIpc) is 3.24. The van der Waals surface area contributed by atoms with Crippen LogP contribution in [-0.4, -0.2) is 43.4 Å². The molecule has 2 aromatic rings. The highest BCUT2D eigenvalue weighted by molar-refractivity contribution is 6.21. The molecule has 29 heavy (non-hydrogen) atoms. The summed E-state index contributed by atoms with van der Waals surface area (Å²) in [5.74, 6) is 0.402. The van der Waals surface area contributed by atoms with Gasteiger partial charge in [0.2, 0.25) is 5.91 Å². The van der Waals surface area contributed by atoms with E-state index < -0.39 is 0 Å². The van der Waals surface area contributed by atoms with Gasteiger partial charge in [-0.05, 0) is 48.2 Å². The van der Waals surface area contributed by atoms with Crippen molar-refractivity contribution < 1.29 is 23.9 Å². The maximum atomic E-state index is 12.5. The molecule has 7 heteroatoms. The third-order valence-corrected chi connectivity index (χ3v) is 5.50. The van der Waals surface area contributed by atoms with E-state index in [0.29, 0.717) is 22.6 Å². The van der Waals surface area contributed by atoms with E-state index in [4.69, 9.17) is 9.47 Å². The molecule has 0 radical (unpaired) electrons. The second-order valence-electron chi connectivity index (χ2n) is 7.12. The number of imide groups is 1. The minimum Gasteiger partial charge on any atom is -0.493 e. The van der Waals surface area contributed by atoms with Crippen LogP contribution >= 0.6 is 0 Å². The zero-order valence-corrected chi connectivity index (χ0v) is 16.4. The Morgan fingerprint density at radius 2 is 1.69 bits per heavy atom. The molecule has 7 nitrogen and oxygen atoms in total. The quantitative estimate of drug-likeness (QED) is 0.761. The number of hydrogen-bond acceptors (Lipinski definition) is 5. The fraction of sp³-hybridized carbons (Fsp3) is 0.318. The van der Waals surface area contributed by atoms with Crippen molar-refractivity contribution in [2.24, 2.45) is 0 Å². The summed E-state index contributed by atoms with van der Waals surface area (Å²) in [5.41, 5.74) is 2.91. The number of hydrogen-bond donors (Lipinski definition) is 1. The molecule has 2 aliphatic rings. The fourth-order valence-electron chi connectivity index (χ4n) is 4.01. The molecular formula is C22H22N2O5. The molecule has 0 aromatic heterocycles. The van der Waals surface area contributed by atoms with Crippen LogP contribution in [0.25, 0.3) is 0 Å². The molecular weight excluding hydrogens is 372 g/mol. The highest BCUT2D eigenvalue weighted by Gasteiger charge is 2.35. The number of aryl methyl sites for hydroxylation is 1. The molecule has 1 aliphatic heterocycles. The highest BCUT2D eigenvalue weighted by atomic mass is 16.5. The monoisotopic (exact) mass is 394 g/mol. The molecule has 0 bridgehead atoms. The zero-order chi connectivity index (χ0) is 20.5. The summed E-state index contributed by atoms with van der Waals surface area (Å²) in [5, 5.41) is 3.01. The fourth-order valence-corrected chi connectivity index (χ4v) is 4.01. The predicted molar refractivity (Wildman–Crippen MR) is 105 cm³/mol. The lowest BCUT2D eigenvalue weighted by Gasteiger charge is -2.18. The van der Waals surface area contributed by atoms with Crippen LogP contribution in [0.4, 0.5) is 0 Å². The summed E-state index contributed by atoms with van der Waals surface area (Å²) in [6.07, 6.45) is 1.67. The molecule has 0 fully saturated rings. The van der Waals surface area contributed by atoms with Crippen molar-refractivity contribution >= 4 is 17.7 Å². The number of carbonyl (C=O) groups is 3. The van der Waals surface area contributed by atoms with Crippen LogP contribution in [0, 0.1) is 0 Å². The number of fused-ring (bicyclic) bond motifs is 2. The van der Waals surface area contributed by atoms with E-state index in [2.05, 4.69) is 5.32 Å². The Balaban J connectivity index is 1.40. The molecule has 0 saturated heterocycles. The van der Waals surface area contributed by atoms with Crippen LogP contribution in [-0.2, 0) is 11.2 Å². The van der Waals surface area contributed by atoms with Gasteiger partial charge in [0.15, 0.2) is 11.5 Å². The number of ether oxygens (including phenoxy) is 2. The van der Waals surface area contributed by atoms with Gasteiger partial charge in [-0.25, -0.2) is 0 Å². The number of nitrogens with zero attached hydrogens (tertiary/aromatic N) is 1. The Bertz CT molecular complexity index is 966. The standard InChI is InChI=1S/C22H22N2O5/c1-28-18-11-13-7-8-17(16(13)12-19(18)29-2)23-20(25)9-10-24-21(26)14-5-3-4-6-15(14)22(24)27/h3-6,11-12,17H,7-10H2,1-2H3,(H,23,25). The number of amides is 3. The number of carbonyl (C=O) groups excluding carboxylic acids is 3. The smallest absolute Gasteiger partial charge is 0.261 e. The average molecular weight is 394 g/mol. The van der Waals surface area contributed by atoms with E-state index in [0.717, 1.165) is 28.9 Å². The Morgan fingerprint density at radius 3 is 2.31 bits per heavy atom. The molecule has 1 aliphatic carbocycles. The van der Waals surface area contributed by atoms with Crippen molar-refractivity contribution in [1.82, 2.24) is 10.2 Å². The third-order valence-electron chi connectivity index (χ3n) is 5.50. The Kier molecular flexibility index (Phi) is 4.96. The molecule has 1 heterocycles. The molecule has 2 aromatic carbocycles. The molecule has 1 N–H and O–H groups in total. The third kappa shape index (κ3) is 3.33. The van der Waals surface area contributed by atoms with E-state index in [9.17, 15) is 14.4 Å². The second-order valence-corrected chi connectivity index (χ2v) is 7.12. The second kappa shape index (κ2) is 7.58. The molecule has 0 saturated carbocycles. The van der Waals surface area contributed by atoms with Gasteiger partial charge in [-0.1, -0.05) is 12.1 Å². The molecule has 3 amide bonds. The number of benzene rings is 2. The molecule has 150 valence electrons. The van der Waals surface area contributed by atoms with Crippen molar-refractivity contribution in [2.75, 3.05) is 20.8 Å². The normalized spacial score (nSPS) is 17.2. The molecule has 4 rings (SSSR count). The summed E-state index contributed by atoms with van der Waals surface area (Å²) < 4.78 is 10.7. The maximum absolute atomic E-state index is 12.5. The van der Waals surface area contributed by atoms with Crippen molar-refractivity contribution in [3.63, 3.8) is 0 Å². The molecule has 1 unspecified atom stereocenters. The largest absolute Gasteiger partial charge is 0.493 e. The Labute approximate surface area is 168 Å². The first kappa shape index (κ1) is 19.0. The van der Waals surface area contributed by atoms with Gasteiger partial charge in [0.05, 0.1) is 31.4 Å². The van der Waals surface area contributed by atoms with Crippen LogP contribution in [0.3, 0.4) is 0 Å². The zero-order valence-electron chi connectivity index (χ0n) is 16.4. The van der Waals surface area contributed by atoms with Gasteiger partial charge in [-0.3, -0.25) is 19.3 Å². The summed E-state index contributed by atoms with van der Waals surface area (Å²) in [6, 6.07) is 10.4. The van der Waals surface area contributed by atoms with Crippen molar-refractivity contribution in [3.8, 4) is 11.5 Å². The van der Waals surface area contributed by atoms with Crippen LogP contribution in [0.1, 0.15) is 50.7 Å².